The zero-order chi connectivity index (χ0) is 30.9. The predicted molar refractivity (Wildman–Crippen MR) is 170 cm³/mol. The van der Waals surface area contributed by atoms with E-state index in [1.165, 1.54) is 18.9 Å². The maximum atomic E-state index is 12.1. The number of rotatable bonds is 11. The number of carbonyl (C=O) groups is 1. The highest BCUT2D eigenvalue weighted by Gasteiger charge is 2.36. The molecule has 0 bridgehead atoms. The number of thioether (sulfide) groups is 1. The lowest BCUT2D eigenvalue weighted by atomic mass is 10.1. The fourth-order valence-electron chi connectivity index (χ4n) is 3.51. The lowest BCUT2D eigenvalue weighted by Crippen LogP contribution is -2.41. The number of aliphatic imine (C=N–C) groups is 2. The van der Waals surface area contributed by atoms with Gasteiger partial charge in [-0.1, -0.05) is 25.9 Å². The number of ether oxygens (including phenoxy) is 3. The van der Waals surface area contributed by atoms with Gasteiger partial charge in [-0.25, -0.2) is 9.79 Å². The Bertz CT molecular complexity index is 1410. The molecule has 0 atom stereocenters. The predicted octanol–water partition coefficient (Wildman–Crippen LogP) is 7.49. The van der Waals surface area contributed by atoms with E-state index < -0.39 is 14.4 Å². The minimum absolute atomic E-state index is 0.161. The van der Waals surface area contributed by atoms with Crippen LogP contribution in [-0.2, 0) is 9.16 Å². The van der Waals surface area contributed by atoms with Gasteiger partial charge in [0.15, 0.2) is 19.8 Å². The van der Waals surface area contributed by atoms with Crippen molar-refractivity contribution in [3.8, 4) is 22.9 Å². The minimum Gasteiger partial charge on any atom is -0.493 e. The summed E-state index contributed by atoms with van der Waals surface area (Å²) in [5.74, 6) is 2.11. The number of amides is 1. The second-order valence-electron chi connectivity index (χ2n) is 10.9. The molecule has 42 heavy (non-hydrogen) atoms. The Hall–Kier alpha value is -3.48. The first-order chi connectivity index (χ1) is 19.9. The summed E-state index contributed by atoms with van der Waals surface area (Å²) in [6.45, 7) is 14.0. The molecule has 1 heterocycles. The Morgan fingerprint density at radius 3 is 2.33 bits per heavy atom. The number of hydrogen-bond acceptors (Lipinski definition) is 10. The molecular weight excluding hydrogens is 573 g/mol. The molecule has 226 valence electrons. The van der Waals surface area contributed by atoms with Crippen LogP contribution in [-0.4, -0.2) is 69.0 Å². The maximum absolute atomic E-state index is 12.1. The summed E-state index contributed by atoms with van der Waals surface area (Å²) in [6, 6.07) is 12.9. The van der Waals surface area contributed by atoms with Crippen molar-refractivity contribution in [2.24, 2.45) is 9.98 Å². The third-order valence-electron chi connectivity index (χ3n) is 6.91. The number of carbonyl (C=O) groups excluding carboxylic acids is 1. The number of benzene rings is 2. The van der Waals surface area contributed by atoms with E-state index in [9.17, 15) is 4.79 Å². The molecule has 0 saturated carbocycles. The number of aromatic nitrogens is 2. The molecule has 0 radical (unpaired) electrons. The highest BCUT2D eigenvalue weighted by molar-refractivity contribution is 8.15. The summed E-state index contributed by atoms with van der Waals surface area (Å²) in [5.41, 5.74) is 2.60. The number of aryl methyl sites for hydroxylation is 1. The Morgan fingerprint density at radius 1 is 1.05 bits per heavy atom. The zero-order valence-electron chi connectivity index (χ0n) is 25.8. The van der Waals surface area contributed by atoms with Gasteiger partial charge in [0.1, 0.15) is 10.8 Å². The quantitative estimate of drug-likeness (QED) is 0.0939. The van der Waals surface area contributed by atoms with E-state index in [0.29, 0.717) is 58.4 Å². The Morgan fingerprint density at radius 2 is 1.76 bits per heavy atom. The molecule has 0 aliphatic carbocycles. The van der Waals surface area contributed by atoms with Crippen LogP contribution in [0.25, 0.3) is 11.4 Å². The van der Waals surface area contributed by atoms with Gasteiger partial charge >= 0.3 is 6.09 Å². The summed E-state index contributed by atoms with van der Waals surface area (Å²) in [4.78, 5) is 25.3. The van der Waals surface area contributed by atoms with E-state index in [2.05, 4.69) is 49.0 Å². The molecule has 10 nitrogen and oxygen atoms in total. The topological polar surface area (TPSA) is 118 Å². The monoisotopic (exact) mass is 612 g/mol. The molecule has 0 unspecified atom stereocenters. The van der Waals surface area contributed by atoms with Crippen LogP contribution < -0.4 is 9.47 Å². The molecule has 0 aliphatic heterocycles. The van der Waals surface area contributed by atoms with E-state index in [1.54, 1.807) is 14.0 Å². The average molecular weight is 613 g/mol. The summed E-state index contributed by atoms with van der Waals surface area (Å²) in [6.07, 6.45) is 1.85. The molecule has 0 aliphatic rings. The van der Waals surface area contributed by atoms with Crippen molar-refractivity contribution in [1.82, 2.24) is 10.1 Å². The zero-order valence-corrected chi connectivity index (χ0v) is 27.6. The van der Waals surface area contributed by atoms with Gasteiger partial charge in [0.05, 0.1) is 26.5 Å². The molecule has 12 heteroatoms. The highest BCUT2D eigenvalue weighted by Crippen LogP contribution is 2.36. The number of nitrogens with zero attached hydrogens (tertiary/aromatic N) is 4. The Labute approximate surface area is 253 Å². The van der Waals surface area contributed by atoms with Gasteiger partial charge in [-0.15, -0.1) is 11.8 Å². The Balaban J connectivity index is 1.86. The average Bonchev–Trinajstić information content (AvgIpc) is 3.40. The van der Waals surface area contributed by atoms with Crippen LogP contribution in [0.2, 0.25) is 18.1 Å². The van der Waals surface area contributed by atoms with Gasteiger partial charge in [0, 0.05) is 31.1 Å². The standard InChI is InChI=1S/C30H40N4O6SSi/c1-20-31-27(34-40-20)21-11-14-23(15-12-21)32-26(28(41-7)33-29(35)37-6)22-13-16-24(25(19-22)36-5)38-17-10-18-39-42(8,9)30(2,3)4/h11-16,19H,10,17-18H2,1-9H3/b32-26?,33-28-. The van der Waals surface area contributed by atoms with E-state index in [4.69, 9.17) is 28.2 Å². The summed E-state index contributed by atoms with van der Waals surface area (Å²) in [7, 11) is 1.06. The fraction of sp³-hybridized carbons (Fsp3) is 0.433. The van der Waals surface area contributed by atoms with Crippen LogP contribution in [0.4, 0.5) is 10.5 Å². The van der Waals surface area contributed by atoms with Gasteiger partial charge in [-0.2, -0.15) is 9.98 Å². The van der Waals surface area contributed by atoms with Crippen LogP contribution in [0, 0.1) is 6.92 Å². The lowest BCUT2D eigenvalue weighted by molar-refractivity contribution is 0.183. The second-order valence-corrected chi connectivity index (χ2v) is 16.5. The Kier molecular flexibility index (Phi) is 11.5. The van der Waals surface area contributed by atoms with E-state index in [-0.39, 0.29) is 5.04 Å². The van der Waals surface area contributed by atoms with Crippen LogP contribution in [0.1, 0.15) is 38.6 Å². The van der Waals surface area contributed by atoms with Gasteiger partial charge < -0.3 is 23.2 Å². The molecule has 3 rings (SSSR count). The maximum Gasteiger partial charge on any atom is 0.434 e. The first kappa shape index (κ1) is 33.0. The molecule has 2 aromatic carbocycles. The van der Waals surface area contributed by atoms with Crippen LogP contribution in [0.3, 0.4) is 0 Å². The largest absolute Gasteiger partial charge is 0.493 e. The smallest absolute Gasteiger partial charge is 0.434 e. The normalized spacial score (nSPS) is 12.8. The number of methoxy groups -OCH3 is 2. The van der Waals surface area contributed by atoms with E-state index in [1.807, 2.05) is 48.7 Å². The molecule has 0 N–H and O–H groups in total. The van der Waals surface area contributed by atoms with E-state index >= 15 is 0 Å². The fourth-order valence-corrected chi connectivity index (χ4v) is 5.12. The van der Waals surface area contributed by atoms with Crippen molar-refractivity contribution >= 4 is 42.6 Å². The van der Waals surface area contributed by atoms with Crippen LogP contribution >= 0.6 is 11.8 Å². The van der Waals surface area contributed by atoms with Crippen LogP contribution in [0.15, 0.2) is 57.0 Å². The molecule has 1 amide bonds. The number of hydrogen-bond donors (Lipinski definition) is 0. The van der Waals surface area contributed by atoms with Crippen molar-refractivity contribution in [3.63, 3.8) is 0 Å². The molecule has 0 spiro atoms. The van der Waals surface area contributed by atoms with Crippen molar-refractivity contribution < 1.29 is 28.0 Å². The van der Waals surface area contributed by atoms with Gasteiger partial charge in [-0.3, -0.25) is 0 Å². The van der Waals surface area contributed by atoms with Gasteiger partial charge in [-0.05, 0) is 66.9 Å². The SMILES string of the molecule is COC(=O)/N=C(\SC)C(=Nc1ccc(-c2noc(C)n2)cc1)c1ccc(OCCCO[Si](C)(C)C(C)(C)C)c(OC)c1. The summed E-state index contributed by atoms with van der Waals surface area (Å²) >= 11 is 1.28. The second kappa shape index (κ2) is 14.6. The first-order valence-electron chi connectivity index (χ1n) is 13.5. The van der Waals surface area contributed by atoms with Gasteiger partial charge in [0.2, 0.25) is 11.7 Å². The summed E-state index contributed by atoms with van der Waals surface area (Å²) in [5, 5.41) is 4.51. The molecule has 3 aromatic rings. The van der Waals surface area contributed by atoms with Crippen molar-refractivity contribution in [1.29, 1.82) is 0 Å². The summed E-state index contributed by atoms with van der Waals surface area (Å²) < 4.78 is 27.8. The lowest BCUT2D eigenvalue weighted by Gasteiger charge is -2.36. The van der Waals surface area contributed by atoms with Crippen molar-refractivity contribution in [2.45, 2.75) is 52.2 Å². The van der Waals surface area contributed by atoms with E-state index in [0.717, 1.165) is 12.0 Å². The highest BCUT2D eigenvalue weighted by atomic mass is 32.2. The van der Waals surface area contributed by atoms with Crippen molar-refractivity contribution in [3.05, 3.63) is 53.9 Å². The molecule has 0 saturated heterocycles. The molecule has 1 aromatic heterocycles. The van der Waals surface area contributed by atoms with Crippen molar-refractivity contribution in [2.75, 3.05) is 33.7 Å². The molecular formula is C30H40N4O6SSi. The first-order valence-corrected chi connectivity index (χ1v) is 17.7. The molecule has 0 fully saturated rings. The third-order valence-corrected chi connectivity index (χ3v) is 12.1. The minimum atomic E-state index is -1.80. The van der Waals surface area contributed by atoms with Crippen LogP contribution in [0.5, 0.6) is 11.5 Å². The third kappa shape index (κ3) is 8.76. The van der Waals surface area contributed by atoms with Gasteiger partial charge in [0.25, 0.3) is 0 Å².